The summed E-state index contributed by atoms with van der Waals surface area (Å²) in [5.41, 5.74) is 1.45. The average Bonchev–Trinajstić information content (AvgIpc) is 3.19. The molecule has 3 rings (SSSR count). The highest BCUT2D eigenvalue weighted by Crippen LogP contribution is 2.14. The molecule has 2 heterocycles. The SMILES string of the molecule is N#C/C(=C/c1cnc(-c2ccccc2)nc1)C(=O)NCc1ccco1. The van der Waals surface area contributed by atoms with E-state index in [1.807, 2.05) is 36.4 Å². The zero-order chi connectivity index (χ0) is 17.5. The van der Waals surface area contributed by atoms with Crippen LogP contribution in [0.15, 0.2) is 71.1 Å². The number of nitrogens with one attached hydrogen (secondary N) is 1. The van der Waals surface area contributed by atoms with Gasteiger partial charge in [0.05, 0.1) is 12.8 Å². The molecule has 3 aromatic rings. The molecule has 0 radical (unpaired) electrons. The van der Waals surface area contributed by atoms with Crippen LogP contribution in [-0.2, 0) is 11.3 Å². The van der Waals surface area contributed by atoms with E-state index in [4.69, 9.17) is 4.42 Å². The van der Waals surface area contributed by atoms with Gasteiger partial charge in [-0.3, -0.25) is 4.79 Å². The maximum atomic E-state index is 12.1. The van der Waals surface area contributed by atoms with Gasteiger partial charge in [-0.05, 0) is 18.2 Å². The fourth-order valence-electron chi connectivity index (χ4n) is 2.14. The van der Waals surface area contributed by atoms with Gasteiger partial charge in [-0.2, -0.15) is 5.26 Å². The number of furan rings is 1. The summed E-state index contributed by atoms with van der Waals surface area (Å²) < 4.78 is 5.13. The largest absolute Gasteiger partial charge is 0.467 e. The van der Waals surface area contributed by atoms with Gasteiger partial charge in [0.2, 0.25) is 0 Å². The van der Waals surface area contributed by atoms with Crippen molar-refractivity contribution in [1.29, 1.82) is 5.26 Å². The summed E-state index contributed by atoms with van der Waals surface area (Å²) >= 11 is 0. The predicted molar refractivity (Wildman–Crippen MR) is 91.6 cm³/mol. The minimum atomic E-state index is -0.481. The Morgan fingerprint density at radius 2 is 1.92 bits per heavy atom. The number of nitrogens with zero attached hydrogens (tertiary/aromatic N) is 3. The summed E-state index contributed by atoms with van der Waals surface area (Å²) in [6, 6.07) is 14.9. The van der Waals surface area contributed by atoms with Crippen LogP contribution in [0.5, 0.6) is 0 Å². The van der Waals surface area contributed by atoms with Gasteiger partial charge in [-0.15, -0.1) is 0 Å². The summed E-state index contributed by atoms with van der Waals surface area (Å²) in [6.45, 7) is 0.217. The molecule has 122 valence electrons. The molecule has 0 spiro atoms. The van der Waals surface area contributed by atoms with E-state index in [1.54, 1.807) is 24.5 Å². The van der Waals surface area contributed by atoms with E-state index in [0.29, 0.717) is 17.1 Å². The number of carbonyl (C=O) groups excluding carboxylic acids is 1. The van der Waals surface area contributed by atoms with E-state index in [-0.39, 0.29) is 12.1 Å². The van der Waals surface area contributed by atoms with Crippen LogP contribution in [0.4, 0.5) is 0 Å². The highest BCUT2D eigenvalue weighted by atomic mass is 16.3. The van der Waals surface area contributed by atoms with Crippen molar-refractivity contribution in [3.8, 4) is 17.5 Å². The molecule has 0 atom stereocenters. The maximum Gasteiger partial charge on any atom is 0.262 e. The first-order valence-corrected chi connectivity index (χ1v) is 7.56. The van der Waals surface area contributed by atoms with Gasteiger partial charge < -0.3 is 9.73 Å². The number of nitriles is 1. The van der Waals surface area contributed by atoms with Gasteiger partial charge in [0.15, 0.2) is 5.82 Å². The number of hydrogen-bond donors (Lipinski definition) is 1. The zero-order valence-corrected chi connectivity index (χ0v) is 13.2. The summed E-state index contributed by atoms with van der Waals surface area (Å²) in [4.78, 5) is 20.6. The lowest BCUT2D eigenvalue weighted by molar-refractivity contribution is -0.117. The van der Waals surface area contributed by atoms with E-state index in [2.05, 4.69) is 15.3 Å². The Kier molecular flexibility index (Phi) is 4.98. The second-order valence-electron chi connectivity index (χ2n) is 5.14. The van der Waals surface area contributed by atoms with Crippen molar-refractivity contribution in [3.05, 3.63) is 78.0 Å². The predicted octanol–water partition coefficient (Wildman–Crippen LogP) is 2.96. The Bertz CT molecular complexity index is 908. The van der Waals surface area contributed by atoms with E-state index in [0.717, 1.165) is 5.56 Å². The lowest BCUT2D eigenvalue weighted by Gasteiger charge is -2.03. The Balaban J connectivity index is 1.71. The number of carbonyl (C=O) groups is 1. The number of rotatable bonds is 5. The summed E-state index contributed by atoms with van der Waals surface area (Å²) in [5, 5.41) is 11.8. The van der Waals surface area contributed by atoms with Crippen molar-refractivity contribution in [1.82, 2.24) is 15.3 Å². The third-order valence-corrected chi connectivity index (χ3v) is 3.38. The van der Waals surface area contributed by atoms with E-state index < -0.39 is 5.91 Å². The molecule has 0 aliphatic rings. The number of benzene rings is 1. The Labute approximate surface area is 144 Å². The lowest BCUT2D eigenvalue weighted by atomic mass is 10.2. The number of amides is 1. The third-order valence-electron chi connectivity index (χ3n) is 3.38. The topological polar surface area (TPSA) is 91.8 Å². The van der Waals surface area contributed by atoms with Crippen molar-refractivity contribution in [2.45, 2.75) is 6.54 Å². The number of aromatic nitrogens is 2. The van der Waals surface area contributed by atoms with E-state index in [9.17, 15) is 10.1 Å². The molecule has 6 nitrogen and oxygen atoms in total. The van der Waals surface area contributed by atoms with Crippen molar-refractivity contribution >= 4 is 12.0 Å². The van der Waals surface area contributed by atoms with E-state index in [1.165, 1.54) is 12.3 Å². The first kappa shape index (κ1) is 16.1. The molecule has 0 unspecified atom stereocenters. The summed E-state index contributed by atoms with van der Waals surface area (Å²) in [7, 11) is 0. The maximum absolute atomic E-state index is 12.1. The van der Waals surface area contributed by atoms with Crippen molar-refractivity contribution < 1.29 is 9.21 Å². The van der Waals surface area contributed by atoms with Crippen LogP contribution in [0.1, 0.15) is 11.3 Å². The van der Waals surface area contributed by atoms with Crippen LogP contribution < -0.4 is 5.32 Å². The quantitative estimate of drug-likeness (QED) is 0.573. The molecule has 2 aromatic heterocycles. The van der Waals surface area contributed by atoms with Crippen molar-refractivity contribution in [2.75, 3.05) is 0 Å². The van der Waals surface area contributed by atoms with Gasteiger partial charge in [0.25, 0.3) is 5.91 Å². The molecular weight excluding hydrogens is 316 g/mol. The van der Waals surface area contributed by atoms with Crippen LogP contribution in [0.3, 0.4) is 0 Å². The average molecular weight is 330 g/mol. The smallest absolute Gasteiger partial charge is 0.262 e. The molecule has 1 aromatic carbocycles. The van der Waals surface area contributed by atoms with Crippen molar-refractivity contribution in [2.24, 2.45) is 0 Å². The Morgan fingerprint density at radius 1 is 1.16 bits per heavy atom. The second-order valence-corrected chi connectivity index (χ2v) is 5.14. The fourth-order valence-corrected chi connectivity index (χ4v) is 2.14. The van der Waals surface area contributed by atoms with Gasteiger partial charge in [0, 0.05) is 23.5 Å². The molecule has 0 fully saturated rings. The van der Waals surface area contributed by atoms with Crippen LogP contribution in [-0.4, -0.2) is 15.9 Å². The Hall–Kier alpha value is -3.72. The molecule has 1 amide bonds. The standard InChI is InChI=1S/C19H14N4O2/c20-10-16(19(24)23-13-17-7-4-8-25-17)9-14-11-21-18(22-12-14)15-5-2-1-3-6-15/h1-9,11-12H,13H2,(H,23,24)/b16-9-. The fraction of sp³-hybridized carbons (Fsp3) is 0.0526. The summed E-state index contributed by atoms with van der Waals surface area (Å²) in [6.07, 6.45) is 6.12. The van der Waals surface area contributed by atoms with Crippen LogP contribution in [0.2, 0.25) is 0 Å². The second kappa shape index (κ2) is 7.70. The molecule has 0 aliphatic carbocycles. The summed E-state index contributed by atoms with van der Waals surface area (Å²) in [5.74, 6) is 0.714. The minimum absolute atomic E-state index is 0.0254. The molecular formula is C19H14N4O2. The van der Waals surface area contributed by atoms with Gasteiger partial charge in [-0.1, -0.05) is 30.3 Å². The Morgan fingerprint density at radius 3 is 2.56 bits per heavy atom. The third kappa shape index (κ3) is 4.18. The highest BCUT2D eigenvalue weighted by Gasteiger charge is 2.10. The van der Waals surface area contributed by atoms with Gasteiger partial charge >= 0.3 is 0 Å². The number of hydrogen-bond acceptors (Lipinski definition) is 5. The van der Waals surface area contributed by atoms with E-state index >= 15 is 0 Å². The van der Waals surface area contributed by atoms with Crippen LogP contribution >= 0.6 is 0 Å². The molecule has 0 aliphatic heterocycles. The first-order valence-electron chi connectivity index (χ1n) is 7.56. The molecule has 6 heteroatoms. The highest BCUT2D eigenvalue weighted by molar-refractivity contribution is 6.01. The molecule has 0 bridgehead atoms. The van der Waals surface area contributed by atoms with Crippen LogP contribution in [0, 0.1) is 11.3 Å². The zero-order valence-electron chi connectivity index (χ0n) is 13.2. The molecule has 0 saturated heterocycles. The normalized spacial score (nSPS) is 10.9. The minimum Gasteiger partial charge on any atom is -0.467 e. The van der Waals surface area contributed by atoms with Gasteiger partial charge in [0.1, 0.15) is 17.4 Å². The van der Waals surface area contributed by atoms with Crippen LogP contribution in [0.25, 0.3) is 17.5 Å². The van der Waals surface area contributed by atoms with Crippen molar-refractivity contribution in [3.63, 3.8) is 0 Å². The lowest BCUT2D eigenvalue weighted by Crippen LogP contribution is -2.23. The first-order chi connectivity index (χ1) is 12.3. The molecule has 25 heavy (non-hydrogen) atoms. The molecule has 0 saturated carbocycles. The van der Waals surface area contributed by atoms with Gasteiger partial charge in [-0.25, -0.2) is 9.97 Å². The molecule has 1 N–H and O–H groups in total. The monoisotopic (exact) mass is 330 g/mol.